The van der Waals surface area contributed by atoms with Gasteiger partial charge < -0.3 is 10.1 Å². The monoisotopic (exact) mass is 452 g/mol. The SMILES string of the molecule is COc1ccc(-c2cnn3c(SCC(=O)Nc4cc(Cl)ccc4C)cc(C)nc23)cc1. The Hall–Kier alpha value is -3.03. The van der Waals surface area contributed by atoms with Crippen LogP contribution >= 0.6 is 23.4 Å². The molecule has 1 amide bonds. The van der Waals surface area contributed by atoms with Crippen LogP contribution in [0.25, 0.3) is 16.8 Å². The van der Waals surface area contributed by atoms with Crippen molar-refractivity contribution in [3.05, 3.63) is 71.0 Å². The summed E-state index contributed by atoms with van der Waals surface area (Å²) < 4.78 is 7.01. The molecule has 0 aliphatic rings. The van der Waals surface area contributed by atoms with Crippen molar-refractivity contribution >= 4 is 40.6 Å². The van der Waals surface area contributed by atoms with Crippen LogP contribution in [-0.4, -0.2) is 33.4 Å². The lowest BCUT2D eigenvalue weighted by molar-refractivity contribution is -0.113. The lowest BCUT2D eigenvalue weighted by Gasteiger charge is -2.10. The molecule has 0 saturated heterocycles. The van der Waals surface area contributed by atoms with Crippen LogP contribution in [0.3, 0.4) is 0 Å². The van der Waals surface area contributed by atoms with E-state index in [9.17, 15) is 4.79 Å². The fourth-order valence-electron chi connectivity index (χ4n) is 3.18. The highest BCUT2D eigenvalue weighted by Crippen LogP contribution is 2.29. The summed E-state index contributed by atoms with van der Waals surface area (Å²) in [5.74, 6) is 0.921. The minimum atomic E-state index is -0.111. The molecule has 0 unspecified atom stereocenters. The number of methoxy groups -OCH3 is 1. The van der Waals surface area contributed by atoms with Crippen LogP contribution < -0.4 is 10.1 Å². The number of aryl methyl sites for hydroxylation is 2. The van der Waals surface area contributed by atoms with Gasteiger partial charge in [-0.15, -0.1) is 0 Å². The molecule has 1 N–H and O–H groups in total. The normalized spacial score (nSPS) is 11.0. The molecule has 0 aliphatic heterocycles. The molecule has 0 fully saturated rings. The number of hydrogen-bond donors (Lipinski definition) is 1. The van der Waals surface area contributed by atoms with E-state index >= 15 is 0 Å². The number of anilines is 1. The van der Waals surface area contributed by atoms with Crippen molar-refractivity contribution in [3.8, 4) is 16.9 Å². The second kappa shape index (κ2) is 8.99. The van der Waals surface area contributed by atoms with Crippen molar-refractivity contribution < 1.29 is 9.53 Å². The van der Waals surface area contributed by atoms with Gasteiger partial charge in [-0.3, -0.25) is 4.79 Å². The maximum atomic E-state index is 12.5. The zero-order valence-corrected chi connectivity index (χ0v) is 18.9. The van der Waals surface area contributed by atoms with Gasteiger partial charge in [0.2, 0.25) is 5.91 Å². The van der Waals surface area contributed by atoms with E-state index in [0.717, 1.165) is 44.5 Å². The Morgan fingerprint density at radius 1 is 1.16 bits per heavy atom. The second-order valence-corrected chi connectivity index (χ2v) is 8.49. The number of rotatable bonds is 6. The summed E-state index contributed by atoms with van der Waals surface area (Å²) in [4.78, 5) is 17.2. The first-order valence-corrected chi connectivity index (χ1v) is 11.0. The number of nitrogens with zero attached hydrogens (tertiary/aromatic N) is 3. The van der Waals surface area contributed by atoms with Crippen molar-refractivity contribution in [3.63, 3.8) is 0 Å². The first-order chi connectivity index (χ1) is 14.9. The molecular weight excluding hydrogens is 432 g/mol. The summed E-state index contributed by atoms with van der Waals surface area (Å²) in [6.07, 6.45) is 1.79. The summed E-state index contributed by atoms with van der Waals surface area (Å²) >= 11 is 7.46. The Bertz CT molecular complexity index is 1250. The average Bonchev–Trinajstić information content (AvgIpc) is 3.18. The summed E-state index contributed by atoms with van der Waals surface area (Å²) in [6.45, 7) is 3.86. The first kappa shape index (κ1) is 21.2. The molecule has 0 aliphatic carbocycles. The molecule has 4 rings (SSSR count). The van der Waals surface area contributed by atoms with E-state index in [0.29, 0.717) is 5.02 Å². The highest BCUT2D eigenvalue weighted by atomic mass is 35.5. The zero-order valence-electron chi connectivity index (χ0n) is 17.3. The van der Waals surface area contributed by atoms with Gasteiger partial charge in [0.1, 0.15) is 10.8 Å². The summed E-state index contributed by atoms with van der Waals surface area (Å²) in [7, 11) is 1.64. The number of ether oxygens (including phenoxy) is 1. The molecule has 4 aromatic rings. The topological polar surface area (TPSA) is 68.5 Å². The highest BCUT2D eigenvalue weighted by Gasteiger charge is 2.14. The molecule has 8 heteroatoms. The number of amides is 1. The summed E-state index contributed by atoms with van der Waals surface area (Å²) in [5.41, 5.74) is 5.21. The maximum Gasteiger partial charge on any atom is 0.234 e. The fraction of sp³-hybridized carbons (Fsp3) is 0.174. The third-order valence-electron chi connectivity index (χ3n) is 4.79. The lowest BCUT2D eigenvalue weighted by atomic mass is 10.1. The number of aromatic nitrogens is 3. The Balaban J connectivity index is 1.56. The van der Waals surface area contributed by atoms with Crippen LogP contribution in [0.2, 0.25) is 5.02 Å². The Morgan fingerprint density at radius 2 is 1.94 bits per heavy atom. The predicted molar refractivity (Wildman–Crippen MR) is 125 cm³/mol. The third-order valence-corrected chi connectivity index (χ3v) is 6.02. The van der Waals surface area contributed by atoms with Crippen LogP contribution in [0.1, 0.15) is 11.3 Å². The smallest absolute Gasteiger partial charge is 0.234 e. The lowest BCUT2D eigenvalue weighted by Crippen LogP contribution is -2.15. The minimum absolute atomic E-state index is 0.111. The number of nitrogens with one attached hydrogen (secondary N) is 1. The van der Waals surface area contributed by atoms with E-state index in [1.165, 1.54) is 11.8 Å². The number of carbonyl (C=O) groups is 1. The van der Waals surface area contributed by atoms with Gasteiger partial charge >= 0.3 is 0 Å². The molecule has 2 aromatic heterocycles. The van der Waals surface area contributed by atoms with Gasteiger partial charge in [-0.2, -0.15) is 5.10 Å². The van der Waals surface area contributed by atoms with Crippen LogP contribution in [0, 0.1) is 13.8 Å². The number of thioether (sulfide) groups is 1. The number of benzene rings is 2. The molecular formula is C23H21ClN4O2S. The number of halogens is 1. The molecule has 0 radical (unpaired) electrons. The van der Waals surface area contributed by atoms with Crippen LogP contribution in [-0.2, 0) is 4.79 Å². The van der Waals surface area contributed by atoms with Gasteiger partial charge in [0, 0.05) is 22.0 Å². The van der Waals surface area contributed by atoms with E-state index in [1.54, 1.807) is 30.0 Å². The Labute approximate surface area is 189 Å². The molecule has 31 heavy (non-hydrogen) atoms. The maximum absolute atomic E-state index is 12.5. The van der Waals surface area contributed by atoms with Crippen LogP contribution in [0.4, 0.5) is 5.69 Å². The number of carbonyl (C=O) groups excluding carboxylic acids is 1. The molecule has 158 valence electrons. The van der Waals surface area contributed by atoms with E-state index in [-0.39, 0.29) is 11.7 Å². The van der Waals surface area contributed by atoms with Gasteiger partial charge in [-0.05, 0) is 55.3 Å². The van der Waals surface area contributed by atoms with Gasteiger partial charge in [0.25, 0.3) is 0 Å². The molecule has 2 heterocycles. The van der Waals surface area contributed by atoms with E-state index in [4.69, 9.17) is 16.3 Å². The van der Waals surface area contributed by atoms with E-state index in [1.807, 2.05) is 50.2 Å². The Morgan fingerprint density at radius 3 is 2.68 bits per heavy atom. The van der Waals surface area contributed by atoms with Crippen molar-refractivity contribution in [2.24, 2.45) is 0 Å². The van der Waals surface area contributed by atoms with Gasteiger partial charge in [0.05, 0.1) is 19.1 Å². The van der Waals surface area contributed by atoms with Crippen molar-refractivity contribution in [2.45, 2.75) is 18.9 Å². The first-order valence-electron chi connectivity index (χ1n) is 9.63. The van der Waals surface area contributed by atoms with Crippen molar-refractivity contribution in [1.29, 1.82) is 0 Å². The number of hydrogen-bond acceptors (Lipinski definition) is 5. The second-order valence-electron chi connectivity index (χ2n) is 7.05. The fourth-order valence-corrected chi connectivity index (χ4v) is 4.21. The number of fused-ring (bicyclic) bond motifs is 1. The minimum Gasteiger partial charge on any atom is -0.497 e. The van der Waals surface area contributed by atoms with E-state index < -0.39 is 0 Å². The van der Waals surface area contributed by atoms with Crippen molar-refractivity contribution in [2.75, 3.05) is 18.2 Å². The van der Waals surface area contributed by atoms with E-state index in [2.05, 4.69) is 15.4 Å². The standard InChI is InChI=1S/C23H21ClN4O2S/c1-14-4-7-17(24)11-20(14)27-21(29)13-31-22-10-15(2)26-23-19(12-25-28(22)23)16-5-8-18(30-3)9-6-16/h4-12H,13H2,1-3H3,(H,27,29). The third kappa shape index (κ3) is 4.68. The molecule has 2 aromatic carbocycles. The van der Waals surface area contributed by atoms with Crippen molar-refractivity contribution in [1.82, 2.24) is 14.6 Å². The predicted octanol–water partition coefficient (Wildman–Crippen LogP) is 5.41. The van der Waals surface area contributed by atoms with Gasteiger partial charge in [-0.1, -0.05) is 41.6 Å². The summed E-state index contributed by atoms with van der Waals surface area (Å²) in [6, 6.07) is 15.1. The highest BCUT2D eigenvalue weighted by molar-refractivity contribution is 7.99. The summed E-state index contributed by atoms with van der Waals surface area (Å²) in [5, 5.41) is 8.88. The zero-order chi connectivity index (χ0) is 22.0. The van der Waals surface area contributed by atoms with Gasteiger partial charge in [-0.25, -0.2) is 9.50 Å². The molecule has 0 spiro atoms. The molecule has 0 saturated carbocycles. The largest absolute Gasteiger partial charge is 0.497 e. The van der Waals surface area contributed by atoms with Gasteiger partial charge in [0.15, 0.2) is 5.65 Å². The quantitative estimate of drug-likeness (QED) is 0.313. The average molecular weight is 453 g/mol. The molecule has 0 atom stereocenters. The Kier molecular flexibility index (Phi) is 6.15. The van der Waals surface area contributed by atoms with Crippen LogP contribution in [0.15, 0.2) is 59.8 Å². The molecule has 6 nitrogen and oxygen atoms in total. The van der Waals surface area contributed by atoms with Crippen LogP contribution in [0.5, 0.6) is 5.75 Å². The molecule has 0 bridgehead atoms.